The van der Waals surface area contributed by atoms with Crippen molar-refractivity contribution in [2.75, 3.05) is 25.0 Å². The molecule has 2 fully saturated rings. The molecule has 1 saturated carbocycles. The number of likely N-dealkylation sites (tertiary alicyclic amines) is 1. The Morgan fingerprint density at radius 3 is 2.68 bits per heavy atom. The maximum Gasteiger partial charge on any atom is 0.143 e. The van der Waals surface area contributed by atoms with Gasteiger partial charge in [0.05, 0.1) is 10.1 Å². The van der Waals surface area contributed by atoms with Crippen LogP contribution in [0.25, 0.3) is 0 Å². The topological polar surface area (TPSA) is 61.3 Å². The van der Waals surface area contributed by atoms with E-state index in [1.54, 1.807) is 12.5 Å². The summed E-state index contributed by atoms with van der Waals surface area (Å²) in [6.07, 6.45) is 11.1. The van der Waals surface area contributed by atoms with E-state index in [0.29, 0.717) is 6.04 Å². The first-order chi connectivity index (χ1) is 10.6. The minimum Gasteiger partial charge on any atom is -0.389 e. The van der Waals surface area contributed by atoms with Crippen molar-refractivity contribution in [1.82, 2.24) is 14.9 Å². The third-order valence-corrected chi connectivity index (χ3v) is 5.48. The van der Waals surface area contributed by atoms with Gasteiger partial charge in [0.1, 0.15) is 12.1 Å². The van der Waals surface area contributed by atoms with Gasteiger partial charge in [-0.3, -0.25) is 0 Å². The summed E-state index contributed by atoms with van der Waals surface area (Å²) in [5.74, 6) is 0.874. The summed E-state index contributed by atoms with van der Waals surface area (Å²) in [7, 11) is 0. The Balaban J connectivity index is 1.47. The molecule has 1 aromatic heterocycles. The molecule has 3 rings (SSSR count). The van der Waals surface area contributed by atoms with Crippen molar-refractivity contribution in [2.24, 2.45) is 0 Å². The molecule has 0 radical (unpaired) electrons. The first-order valence-electron chi connectivity index (χ1n) is 8.31. The standard InChI is InChI=1S/C16H25BrN4O/c17-14-10-18-12-19-15(14)20-13-4-8-21(9-5-13)11-16(22)6-2-1-3-7-16/h10,12-13,22H,1-9,11H2,(H,18,19,20). The van der Waals surface area contributed by atoms with Crippen LogP contribution in [0, 0.1) is 0 Å². The van der Waals surface area contributed by atoms with Crippen LogP contribution in [0.5, 0.6) is 0 Å². The van der Waals surface area contributed by atoms with E-state index in [-0.39, 0.29) is 0 Å². The lowest BCUT2D eigenvalue weighted by Gasteiger charge is -2.40. The van der Waals surface area contributed by atoms with E-state index in [1.807, 2.05) is 0 Å². The molecular formula is C16H25BrN4O. The zero-order valence-electron chi connectivity index (χ0n) is 13.0. The molecule has 0 atom stereocenters. The molecule has 0 bridgehead atoms. The van der Waals surface area contributed by atoms with E-state index < -0.39 is 5.60 Å². The van der Waals surface area contributed by atoms with Crippen molar-refractivity contribution < 1.29 is 5.11 Å². The Labute approximate surface area is 140 Å². The number of nitrogens with zero attached hydrogens (tertiary/aromatic N) is 3. The highest BCUT2D eigenvalue weighted by Crippen LogP contribution is 2.30. The summed E-state index contributed by atoms with van der Waals surface area (Å²) in [6, 6.07) is 0.448. The second-order valence-electron chi connectivity index (χ2n) is 6.70. The van der Waals surface area contributed by atoms with E-state index in [1.165, 1.54) is 19.3 Å². The van der Waals surface area contributed by atoms with Gasteiger partial charge in [0, 0.05) is 31.9 Å². The molecule has 1 saturated heterocycles. The van der Waals surface area contributed by atoms with Crippen LogP contribution in [0.4, 0.5) is 5.82 Å². The van der Waals surface area contributed by atoms with Crippen LogP contribution in [-0.2, 0) is 0 Å². The Morgan fingerprint density at radius 2 is 2.00 bits per heavy atom. The lowest BCUT2D eigenvalue weighted by atomic mass is 9.84. The fourth-order valence-corrected chi connectivity index (χ4v) is 3.97. The molecule has 1 aromatic rings. The predicted octanol–water partition coefficient (Wildman–Crippen LogP) is 2.81. The largest absolute Gasteiger partial charge is 0.389 e. The molecule has 2 aliphatic rings. The van der Waals surface area contributed by atoms with Gasteiger partial charge in [-0.15, -0.1) is 0 Å². The van der Waals surface area contributed by atoms with Crippen molar-refractivity contribution in [3.05, 3.63) is 17.0 Å². The molecular weight excluding hydrogens is 344 g/mol. The average molecular weight is 369 g/mol. The third kappa shape index (κ3) is 4.18. The molecule has 0 aromatic carbocycles. The lowest BCUT2D eigenvalue weighted by molar-refractivity contribution is -0.0302. The summed E-state index contributed by atoms with van der Waals surface area (Å²) < 4.78 is 0.911. The fraction of sp³-hybridized carbons (Fsp3) is 0.750. The molecule has 5 nitrogen and oxygen atoms in total. The summed E-state index contributed by atoms with van der Waals surface area (Å²) in [4.78, 5) is 10.7. The van der Waals surface area contributed by atoms with Gasteiger partial charge in [0.25, 0.3) is 0 Å². The number of aromatic nitrogens is 2. The lowest BCUT2D eigenvalue weighted by Crippen LogP contribution is -2.48. The number of aliphatic hydroxyl groups is 1. The number of β-amino-alcohol motifs (C(OH)–C–C–N with tert-alkyl or cyclic N) is 1. The zero-order chi connectivity index (χ0) is 15.4. The minimum absolute atomic E-state index is 0.436. The molecule has 0 unspecified atom stereocenters. The molecule has 2 N–H and O–H groups in total. The van der Waals surface area contributed by atoms with Crippen molar-refractivity contribution in [3.63, 3.8) is 0 Å². The Bertz CT molecular complexity index is 485. The number of hydrogen-bond donors (Lipinski definition) is 2. The maximum absolute atomic E-state index is 10.7. The first kappa shape index (κ1) is 16.1. The predicted molar refractivity (Wildman–Crippen MR) is 90.9 cm³/mol. The Hall–Kier alpha value is -0.720. The number of piperidine rings is 1. The second kappa shape index (κ2) is 7.23. The van der Waals surface area contributed by atoms with Crippen LogP contribution in [-0.4, -0.2) is 51.3 Å². The summed E-state index contributed by atoms with van der Waals surface area (Å²) >= 11 is 3.48. The molecule has 6 heteroatoms. The zero-order valence-corrected chi connectivity index (χ0v) is 14.6. The van der Waals surface area contributed by atoms with Crippen molar-refractivity contribution >= 4 is 21.7 Å². The summed E-state index contributed by atoms with van der Waals surface area (Å²) in [6.45, 7) is 2.93. The smallest absolute Gasteiger partial charge is 0.143 e. The van der Waals surface area contributed by atoms with Crippen LogP contribution in [0.2, 0.25) is 0 Å². The number of halogens is 1. The second-order valence-corrected chi connectivity index (χ2v) is 7.55. The highest BCUT2D eigenvalue weighted by atomic mass is 79.9. The molecule has 0 amide bonds. The van der Waals surface area contributed by atoms with E-state index in [4.69, 9.17) is 0 Å². The average Bonchev–Trinajstić information content (AvgIpc) is 2.52. The summed E-state index contributed by atoms with van der Waals surface area (Å²) in [5.41, 5.74) is -0.436. The SMILES string of the molecule is OC1(CN2CCC(Nc3ncncc3Br)CC2)CCCCC1. The van der Waals surface area contributed by atoms with Gasteiger partial charge in [-0.1, -0.05) is 19.3 Å². The molecule has 1 aliphatic carbocycles. The van der Waals surface area contributed by atoms with E-state index in [0.717, 1.165) is 55.6 Å². The highest BCUT2D eigenvalue weighted by molar-refractivity contribution is 9.10. The molecule has 22 heavy (non-hydrogen) atoms. The van der Waals surface area contributed by atoms with Gasteiger partial charge in [-0.2, -0.15) is 0 Å². The molecule has 2 heterocycles. The van der Waals surface area contributed by atoms with E-state index in [9.17, 15) is 5.11 Å². The van der Waals surface area contributed by atoms with E-state index in [2.05, 4.69) is 36.1 Å². The monoisotopic (exact) mass is 368 g/mol. The fourth-order valence-electron chi connectivity index (χ4n) is 3.63. The molecule has 1 aliphatic heterocycles. The van der Waals surface area contributed by atoms with E-state index >= 15 is 0 Å². The number of anilines is 1. The number of rotatable bonds is 4. The van der Waals surface area contributed by atoms with Gasteiger partial charge in [0.15, 0.2) is 0 Å². The Kier molecular flexibility index (Phi) is 5.31. The van der Waals surface area contributed by atoms with Gasteiger partial charge in [-0.25, -0.2) is 9.97 Å². The van der Waals surface area contributed by atoms with Gasteiger partial charge in [-0.05, 0) is 41.6 Å². The van der Waals surface area contributed by atoms with Gasteiger partial charge >= 0.3 is 0 Å². The third-order valence-electron chi connectivity index (χ3n) is 4.90. The van der Waals surface area contributed by atoms with Crippen molar-refractivity contribution in [2.45, 2.75) is 56.6 Å². The Morgan fingerprint density at radius 1 is 1.27 bits per heavy atom. The molecule has 0 spiro atoms. The van der Waals surface area contributed by atoms with Crippen molar-refractivity contribution in [3.8, 4) is 0 Å². The number of hydrogen-bond acceptors (Lipinski definition) is 5. The number of nitrogens with one attached hydrogen (secondary N) is 1. The maximum atomic E-state index is 10.7. The van der Waals surface area contributed by atoms with Crippen LogP contribution in [0.3, 0.4) is 0 Å². The minimum atomic E-state index is -0.436. The first-order valence-corrected chi connectivity index (χ1v) is 9.11. The normalized spacial score (nSPS) is 23.4. The molecule has 122 valence electrons. The van der Waals surface area contributed by atoms with Gasteiger partial charge < -0.3 is 15.3 Å². The van der Waals surface area contributed by atoms with Crippen LogP contribution in [0.1, 0.15) is 44.9 Å². The van der Waals surface area contributed by atoms with Crippen LogP contribution >= 0.6 is 15.9 Å². The van der Waals surface area contributed by atoms with Crippen LogP contribution in [0.15, 0.2) is 17.0 Å². The summed E-state index contributed by atoms with van der Waals surface area (Å²) in [5, 5.41) is 14.2. The highest BCUT2D eigenvalue weighted by Gasteiger charge is 2.32. The van der Waals surface area contributed by atoms with Crippen molar-refractivity contribution in [1.29, 1.82) is 0 Å². The van der Waals surface area contributed by atoms with Crippen LogP contribution < -0.4 is 5.32 Å². The quantitative estimate of drug-likeness (QED) is 0.855. The van der Waals surface area contributed by atoms with Gasteiger partial charge in [0.2, 0.25) is 0 Å².